The molecule has 38 heavy (non-hydrogen) atoms. The molecule has 1 heterocycles. The number of fused-ring (bicyclic) bond motifs is 1. The number of rotatable bonds is 7. The molecular weight excluding hydrogens is 505 g/mol. The van der Waals surface area contributed by atoms with Gasteiger partial charge in [-0.15, -0.1) is 0 Å². The first-order valence-electron chi connectivity index (χ1n) is 11.9. The molecule has 190 valence electrons. The van der Waals surface area contributed by atoms with Crippen LogP contribution in [0.2, 0.25) is 0 Å². The predicted molar refractivity (Wildman–Crippen MR) is 148 cm³/mol. The van der Waals surface area contributed by atoms with Gasteiger partial charge in [-0.05, 0) is 83.6 Å². The van der Waals surface area contributed by atoms with E-state index in [2.05, 4.69) is 4.99 Å². The Balaban J connectivity index is 1.50. The van der Waals surface area contributed by atoms with Crippen LogP contribution in [0.5, 0.6) is 5.75 Å². The number of benzene rings is 4. The maximum absolute atomic E-state index is 13.3. The van der Waals surface area contributed by atoms with Crippen molar-refractivity contribution in [3.05, 3.63) is 117 Å². The summed E-state index contributed by atoms with van der Waals surface area (Å²) in [4.78, 5) is 30.5. The minimum Gasteiger partial charge on any atom is -0.488 e. The predicted octanol–water partition coefficient (Wildman–Crippen LogP) is 7.09. The molecule has 0 aliphatic carbocycles. The Morgan fingerprint density at radius 1 is 1.03 bits per heavy atom. The van der Waals surface area contributed by atoms with Gasteiger partial charge in [0.25, 0.3) is 11.6 Å². The fraction of sp³-hybridized carbons (Fsp3) is 0.103. The molecule has 7 nitrogen and oxygen atoms in total. The van der Waals surface area contributed by atoms with Crippen molar-refractivity contribution in [3.63, 3.8) is 0 Å². The van der Waals surface area contributed by atoms with E-state index in [1.54, 1.807) is 29.2 Å². The molecule has 0 aromatic heterocycles. The second-order valence-corrected chi connectivity index (χ2v) is 9.45. The van der Waals surface area contributed by atoms with Gasteiger partial charge < -0.3 is 4.74 Å². The Bertz CT molecular complexity index is 1580. The number of carbonyl (C=O) groups excluding carboxylic acids is 1. The summed E-state index contributed by atoms with van der Waals surface area (Å²) < 4.78 is 19.5. The molecule has 0 atom stereocenters. The molecule has 0 spiro atoms. The zero-order valence-electron chi connectivity index (χ0n) is 20.3. The fourth-order valence-corrected chi connectivity index (χ4v) is 5.10. The maximum atomic E-state index is 13.3. The number of halogens is 1. The van der Waals surface area contributed by atoms with Crippen LogP contribution >= 0.6 is 11.8 Å². The minimum atomic E-state index is -0.443. The van der Waals surface area contributed by atoms with E-state index in [9.17, 15) is 19.3 Å². The van der Waals surface area contributed by atoms with Crippen molar-refractivity contribution in [2.75, 3.05) is 6.54 Å². The molecule has 4 aromatic rings. The van der Waals surface area contributed by atoms with Crippen molar-refractivity contribution < 1.29 is 18.8 Å². The molecule has 1 fully saturated rings. The van der Waals surface area contributed by atoms with Crippen LogP contribution in [0, 0.1) is 15.9 Å². The van der Waals surface area contributed by atoms with Crippen molar-refractivity contribution in [3.8, 4) is 5.75 Å². The molecular formula is C29H22FN3O4S. The topological polar surface area (TPSA) is 85.0 Å². The van der Waals surface area contributed by atoms with Gasteiger partial charge in [-0.3, -0.25) is 19.8 Å². The molecule has 9 heteroatoms. The SMILES string of the molecule is CCN1C(=O)/C(=C\c2c(OCc3ccc([N+](=O)[O-])cc3)ccc3ccccc23)SC1=Nc1ccc(F)cc1. The van der Waals surface area contributed by atoms with E-state index in [1.807, 2.05) is 49.4 Å². The lowest BCUT2D eigenvalue weighted by Crippen LogP contribution is -2.28. The number of hydrogen-bond donors (Lipinski definition) is 0. The van der Waals surface area contributed by atoms with Crippen LogP contribution in [0.25, 0.3) is 16.8 Å². The van der Waals surface area contributed by atoms with Crippen LogP contribution in [0.15, 0.2) is 94.8 Å². The second-order valence-electron chi connectivity index (χ2n) is 8.44. The largest absolute Gasteiger partial charge is 0.488 e. The van der Waals surface area contributed by atoms with Gasteiger partial charge in [-0.25, -0.2) is 9.38 Å². The van der Waals surface area contributed by atoms with Crippen LogP contribution in [-0.2, 0) is 11.4 Å². The summed E-state index contributed by atoms with van der Waals surface area (Å²) in [5.41, 5.74) is 2.10. The highest BCUT2D eigenvalue weighted by molar-refractivity contribution is 8.18. The first-order valence-corrected chi connectivity index (χ1v) is 12.7. The molecule has 1 amide bonds. The minimum absolute atomic E-state index is 0.0141. The normalized spacial score (nSPS) is 15.5. The molecule has 0 unspecified atom stereocenters. The molecule has 0 saturated carbocycles. The molecule has 0 N–H and O–H groups in total. The third kappa shape index (κ3) is 5.28. The van der Waals surface area contributed by atoms with E-state index in [-0.39, 0.29) is 24.0 Å². The number of amidine groups is 1. The monoisotopic (exact) mass is 527 g/mol. The average Bonchev–Trinajstić information content (AvgIpc) is 3.22. The van der Waals surface area contributed by atoms with Crippen molar-refractivity contribution in [1.82, 2.24) is 4.90 Å². The molecule has 1 aliphatic rings. The van der Waals surface area contributed by atoms with Crippen molar-refractivity contribution in [1.29, 1.82) is 0 Å². The lowest BCUT2D eigenvalue weighted by atomic mass is 10.0. The van der Waals surface area contributed by atoms with Gasteiger partial charge in [0.05, 0.1) is 15.5 Å². The Morgan fingerprint density at radius 3 is 2.47 bits per heavy atom. The lowest BCUT2D eigenvalue weighted by molar-refractivity contribution is -0.384. The van der Waals surface area contributed by atoms with E-state index >= 15 is 0 Å². The summed E-state index contributed by atoms with van der Waals surface area (Å²) in [6.45, 7) is 2.51. The molecule has 1 saturated heterocycles. The van der Waals surface area contributed by atoms with Crippen molar-refractivity contribution in [2.24, 2.45) is 4.99 Å². The number of nitro groups is 1. The van der Waals surface area contributed by atoms with Gasteiger partial charge in [0.15, 0.2) is 5.17 Å². The zero-order chi connectivity index (χ0) is 26.6. The first-order chi connectivity index (χ1) is 18.4. The standard InChI is InChI=1S/C29H22FN3O4S/c1-2-32-28(34)27(38-29(32)31-22-12-10-21(30)11-13-22)17-25-24-6-4-3-5-20(24)9-16-26(25)37-18-19-7-14-23(15-8-19)33(35)36/h3-17H,2,18H2,1H3/b27-17+,31-29?. The number of ether oxygens (including phenoxy) is 1. The second kappa shape index (κ2) is 10.9. The highest BCUT2D eigenvalue weighted by Crippen LogP contribution is 2.38. The number of likely N-dealkylation sites (N-methyl/N-ethyl adjacent to an activating group) is 1. The van der Waals surface area contributed by atoms with E-state index in [4.69, 9.17) is 4.74 Å². The summed E-state index contributed by atoms with van der Waals surface area (Å²) in [7, 11) is 0. The van der Waals surface area contributed by atoms with Crippen LogP contribution < -0.4 is 4.74 Å². The smallest absolute Gasteiger partial charge is 0.269 e. The number of hydrogen-bond acceptors (Lipinski definition) is 6. The molecule has 0 bridgehead atoms. The van der Waals surface area contributed by atoms with Gasteiger partial charge in [0, 0.05) is 24.2 Å². The van der Waals surface area contributed by atoms with Crippen LogP contribution in [0.4, 0.5) is 15.8 Å². The van der Waals surface area contributed by atoms with Gasteiger partial charge in [-0.2, -0.15) is 0 Å². The number of carbonyl (C=O) groups is 1. The number of amides is 1. The first kappa shape index (κ1) is 25.2. The number of aliphatic imine (C=N–C) groups is 1. The molecule has 1 aliphatic heterocycles. The Labute approximate surface area is 222 Å². The van der Waals surface area contributed by atoms with Gasteiger partial charge in [-0.1, -0.05) is 30.3 Å². The Hall–Kier alpha value is -4.50. The highest BCUT2D eigenvalue weighted by Gasteiger charge is 2.32. The van der Waals surface area contributed by atoms with Crippen LogP contribution in [-0.4, -0.2) is 27.4 Å². The van der Waals surface area contributed by atoms with E-state index in [1.165, 1.54) is 36.0 Å². The molecule has 5 rings (SSSR count). The van der Waals surface area contributed by atoms with Crippen molar-refractivity contribution in [2.45, 2.75) is 13.5 Å². The molecule has 4 aromatic carbocycles. The van der Waals surface area contributed by atoms with E-state index < -0.39 is 4.92 Å². The summed E-state index contributed by atoms with van der Waals surface area (Å²) in [6, 6.07) is 23.6. The number of nitro benzene ring substituents is 1. The lowest BCUT2D eigenvalue weighted by Gasteiger charge is -2.13. The summed E-state index contributed by atoms with van der Waals surface area (Å²) in [5.74, 6) is 0.0526. The van der Waals surface area contributed by atoms with Crippen LogP contribution in [0.3, 0.4) is 0 Å². The average molecular weight is 528 g/mol. The van der Waals surface area contributed by atoms with E-state index in [0.29, 0.717) is 28.1 Å². The Kier molecular flexibility index (Phi) is 7.19. The third-order valence-electron chi connectivity index (χ3n) is 6.00. The summed E-state index contributed by atoms with van der Waals surface area (Å²) in [5, 5.41) is 13.4. The summed E-state index contributed by atoms with van der Waals surface area (Å²) in [6.07, 6.45) is 1.82. The molecule has 0 radical (unpaired) electrons. The van der Waals surface area contributed by atoms with Gasteiger partial charge in [0.2, 0.25) is 0 Å². The quantitative estimate of drug-likeness (QED) is 0.146. The number of non-ortho nitro benzene ring substituents is 1. The van der Waals surface area contributed by atoms with Gasteiger partial charge in [0.1, 0.15) is 18.2 Å². The maximum Gasteiger partial charge on any atom is 0.269 e. The number of thioether (sulfide) groups is 1. The zero-order valence-corrected chi connectivity index (χ0v) is 21.2. The fourth-order valence-electron chi connectivity index (χ4n) is 4.05. The van der Waals surface area contributed by atoms with Crippen LogP contribution in [0.1, 0.15) is 18.1 Å². The van der Waals surface area contributed by atoms with Crippen molar-refractivity contribution >= 4 is 51.1 Å². The summed E-state index contributed by atoms with van der Waals surface area (Å²) >= 11 is 1.26. The number of nitrogens with zero attached hydrogens (tertiary/aromatic N) is 3. The highest BCUT2D eigenvalue weighted by atomic mass is 32.2. The Morgan fingerprint density at radius 2 is 1.76 bits per heavy atom. The third-order valence-corrected chi connectivity index (χ3v) is 7.01. The van der Waals surface area contributed by atoms with Gasteiger partial charge >= 0.3 is 0 Å². The van der Waals surface area contributed by atoms with E-state index in [0.717, 1.165) is 21.9 Å².